The molecule has 1 atom stereocenters. The van der Waals surface area contributed by atoms with Gasteiger partial charge in [-0.25, -0.2) is 0 Å². The highest BCUT2D eigenvalue weighted by molar-refractivity contribution is 5.93. The Morgan fingerprint density at radius 1 is 1.29 bits per heavy atom. The Balaban J connectivity index is 2.21. The van der Waals surface area contributed by atoms with Crippen molar-refractivity contribution >= 4 is 5.91 Å². The summed E-state index contributed by atoms with van der Waals surface area (Å²) >= 11 is 0. The molecule has 2 rings (SSSR count). The summed E-state index contributed by atoms with van der Waals surface area (Å²) < 4.78 is 1.55. The number of aliphatic hydroxyl groups excluding tert-OH is 1. The molecule has 128 valence electrons. The van der Waals surface area contributed by atoms with Crippen LogP contribution in [0, 0.1) is 6.92 Å². The number of nitrogens with zero attached hydrogens (tertiary/aromatic N) is 2. The zero-order valence-electron chi connectivity index (χ0n) is 14.4. The zero-order valence-corrected chi connectivity index (χ0v) is 14.4. The van der Waals surface area contributed by atoms with E-state index >= 15 is 0 Å². The van der Waals surface area contributed by atoms with Crippen molar-refractivity contribution in [2.24, 2.45) is 0 Å². The van der Waals surface area contributed by atoms with E-state index in [2.05, 4.69) is 0 Å². The van der Waals surface area contributed by atoms with E-state index in [0.717, 1.165) is 11.1 Å². The Morgan fingerprint density at radius 2 is 2.04 bits per heavy atom. The van der Waals surface area contributed by atoms with Crippen molar-refractivity contribution in [1.82, 2.24) is 9.47 Å². The van der Waals surface area contributed by atoms with Gasteiger partial charge in [-0.2, -0.15) is 0 Å². The molecule has 1 N–H and O–H groups in total. The van der Waals surface area contributed by atoms with Gasteiger partial charge in [0.15, 0.2) is 0 Å². The van der Waals surface area contributed by atoms with Crippen molar-refractivity contribution in [3.8, 4) is 0 Å². The molecule has 0 bridgehead atoms. The first-order valence-electron chi connectivity index (χ1n) is 8.07. The molecule has 1 heterocycles. The minimum atomic E-state index is -0.478. The molecule has 0 fully saturated rings. The lowest BCUT2D eigenvalue weighted by Gasteiger charge is -2.18. The van der Waals surface area contributed by atoms with E-state index in [1.807, 2.05) is 31.2 Å². The number of carbonyl (C=O) groups is 1. The summed E-state index contributed by atoms with van der Waals surface area (Å²) in [4.78, 5) is 26.5. The first-order valence-corrected chi connectivity index (χ1v) is 8.07. The molecule has 0 saturated heterocycles. The number of carbonyl (C=O) groups excluding carboxylic acids is 1. The van der Waals surface area contributed by atoms with E-state index in [-0.39, 0.29) is 17.0 Å². The molecule has 1 aromatic carbocycles. The molecule has 1 aromatic heterocycles. The van der Waals surface area contributed by atoms with Gasteiger partial charge >= 0.3 is 0 Å². The van der Waals surface area contributed by atoms with Crippen LogP contribution in [0.3, 0.4) is 0 Å². The highest BCUT2D eigenvalue weighted by Crippen LogP contribution is 2.06. The number of hydrogen-bond donors (Lipinski definition) is 1. The van der Waals surface area contributed by atoms with Crippen LogP contribution in [0.5, 0.6) is 0 Å². The van der Waals surface area contributed by atoms with E-state index < -0.39 is 6.10 Å². The molecule has 0 aliphatic carbocycles. The number of rotatable bonds is 6. The standard InChI is InChI=1S/C19H24N2O3/c1-14-6-4-7-16(12-14)13-21-10-5-8-17(19(21)24)18(23)20(3)11-9-15(2)22/h4-8,10,12,15,22H,9,11,13H2,1-3H3. The maximum Gasteiger partial charge on any atom is 0.263 e. The van der Waals surface area contributed by atoms with Crippen LogP contribution >= 0.6 is 0 Å². The molecule has 0 aliphatic rings. The number of aliphatic hydroxyl groups is 1. The van der Waals surface area contributed by atoms with Gasteiger partial charge in [-0.3, -0.25) is 9.59 Å². The Kier molecular flexibility index (Phi) is 5.93. The summed E-state index contributed by atoms with van der Waals surface area (Å²) in [5.74, 6) is -0.320. The number of benzene rings is 1. The molecule has 2 aromatic rings. The monoisotopic (exact) mass is 328 g/mol. The maximum absolute atomic E-state index is 12.6. The fourth-order valence-corrected chi connectivity index (χ4v) is 2.52. The SMILES string of the molecule is Cc1cccc(Cn2cccc(C(=O)N(C)CCC(C)O)c2=O)c1. The topological polar surface area (TPSA) is 62.5 Å². The van der Waals surface area contributed by atoms with Crippen LogP contribution in [0.15, 0.2) is 47.4 Å². The van der Waals surface area contributed by atoms with Gasteiger partial charge in [-0.05, 0) is 38.0 Å². The predicted molar refractivity (Wildman–Crippen MR) is 94.2 cm³/mol. The molecule has 5 heteroatoms. The molecule has 0 spiro atoms. The summed E-state index contributed by atoms with van der Waals surface area (Å²) in [5.41, 5.74) is 2.00. The number of pyridine rings is 1. The lowest BCUT2D eigenvalue weighted by atomic mass is 10.1. The van der Waals surface area contributed by atoms with Crippen LogP contribution in [0.25, 0.3) is 0 Å². The molecule has 5 nitrogen and oxygen atoms in total. The number of hydrogen-bond acceptors (Lipinski definition) is 3. The van der Waals surface area contributed by atoms with E-state index in [1.54, 1.807) is 36.9 Å². The Bertz CT molecular complexity index is 765. The van der Waals surface area contributed by atoms with Crippen LogP contribution in [0.2, 0.25) is 0 Å². The maximum atomic E-state index is 12.6. The summed E-state index contributed by atoms with van der Waals surface area (Å²) in [6, 6.07) is 11.2. The van der Waals surface area contributed by atoms with Gasteiger partial charge in [0.1, 0.15) is 5.56 Å². The van der Waals surface area contributed by atoms with Crippen LogP contribution in [-0.4, -0.2) is 40.2 Å². The highest BCUT2D eigenvalue weighted by Gasteiger charge is 2.17. The number of amides is 1. The summed E-state index contributed by atoms with van der Waals surface area (Å²) in [6.45, 7) is 4.51. The van der Waals surface area contributed by atoms with Gasteiger partial charge in [0.25, 0.3) is 11.5 Å². The third-order valence-corrected chi connectivity index (χ3v) is 3.91. The van der Waals surface area contributed by atoms with Gasteiger partial charge in [0.05, 0.1) is 12.6 Å². The van der Waals surface area contributed by atoms with Crippen molar-refractivity contribution in [1.29, 1.82) is 0 Å². The lowest BCUT2D eigenvalue weighted by Crippen LogP contribution is -2.35. The highest BCUT2D eigenvalue weighted by atomic mass is 16.3. The normalized spacial score (nSPS) is 12.0. The molecular weight excluding hydrogens is 304 g/mol. The van der Waals surface area contributed by atoms with Crippen LogP contribution < -0.4 is 5.56 Å². The summed E-state index contributed by atoms with van der Waals surface area (Å²) in [7, 11) is 1.64. The second kappa shape index (κ2) is 7.93. The summed E-state index contributed by atoms with van der Waals surface area (Å²) in [5, 5.41) is 9.33. The fraction of sp³-hybridized carbons (Fsp3) is 0.368. The number of aryl methyl sites for hydroxylation is 1. The minimum Gasteiger partial charge on any atom is -0.393 e. The molecular formula is C19H24N2O3. The first kappa shape index (κ1) is 17.9. The average molecular weight is 328 g/mol. The third kappa shape index (κ3) is 4.55. The van der Waals surface area contributed by atoms with Crippen LogP contribution in [0.4, 0.5) is 0 Å². The smallest absolute Gasteiger partial charge is 0.263 e. The minimum absolute atomic E-state index is 0.151. The average Bonchev–Trinajstić information content (AvgIpc) is 2.54. The van der Waals surface area contributed by atoms with E-state index in [4.69, 9.17) is 0 Å². The van der Waals surface area contributed by atoms with Gasteiger partial charge in [0.2, 0.25) is 0 Å². The fourth-order valence-electron chi connectivity index (χ4n) is 2.52. The predicted octanol–water partition coefficient (Wildman–Crippen LogP) is 2.05. The zero-order chi connectivity index (χ0) is 17.7. The van der Waals surface area contributed by atoms with E-state index in [0.29, 0.717) is 19.5 Å². The van der Waals surface area contributed by atoms with E-state index in [1.165, 1.54) is 4.90 Å². The van der Waals surface area contributed by atoms with Gasteiger partial charge in [-0.15, -0.1) is 0 Å². The van der Waals surface area contributed by atoms with Crippen molar-refractivity contribution < 1.29 is 9.90 Å². The van der Waals surface area contributed by atoms with Crippen molar-refractivity contribution in [3.05, 3.63) is 69.6 Å². The van der Waals surface area contributed by atoms with Gasteiger partial charge < -0.3 is 14.6 Å². The number of aromatic nitrogens is 1. The van der Waals surface area contributed by atoms with Gasteiger partial charge in [-0.1, -0.05) is 29.8 Å². The van der Waals surface area contributed by atoms with Gasteiger partial charge in [0, 0.05) is 19.8 Å². The molecule has 1 unspecified atom stereocenters. The molecule has 24 heavy (non-hydrogen) atoms. The van der Waals surface area contributed by atoms with E-state index in [9.17, 15) is 14.7 Å². The lowest BCUT2D eigenvalue weighted by molar-refractivity contribution is 0.0766. The second-order valence-corrected chi connectivity index (χ2v) is 6.21. The Labute approximate surface area is 142 Å². The summed E-state index contributed by atoms with van der Waals surface area (Å²) in [6.07, 6.45) is 1.69. The quantitative estimate of drug-likeness (QED) is 0.883. The molecule has 0 radical (unpaired) electrons. The largest absolute Gasteiger partial charge is 0.393 e. The van der Waals surface area contributed by atoms with Crippen molar-refractivity contribution in [2.75, 3.05) is 13.6 Å². The second-order valence-electron chi connectivity index (χ2n) is 6.21. The molecule has 0 aliphatic heterocycles. The Hall–Kier alpha value is -2.40. The van der Waals surface area contributed by atoms with Crippen LogP contribution in [-0.2, 0) is 6.54 Å². The first-order chi connectivity index (χ1) is 11.4. The van der Waals surface area contributed by atoms with Crippen molar-refractivity contribution in [2.45, 2.75) is 32.9 Å². The Morgan fingerprint density at radius 3 is 2.71 bits per heavy atom. The van der Waals surface area contributed by atoms with Crippen molar-refractivity contribution in [3.63, 3.8) is 0 Å². The third-order valence-electron chi connectivity index (χ3n) is 3.91. The van der Waals surface area contributed by atoms with Crippen LogP contribution in [0.1, 0.15) is 34.8 Å². The molecule has 0 saturated carbocycles. The molecule has 1 amide bonds.